The second-order valence-electron chi connectivity index (χ2n) is 5.63. The molecule has 0 unspecified atom stereocenters. The largest absolute Gasteiger partial charge is 0.394 e. The SMILES string of the molecule is NCCO/N=C1/C(=C2/C(=O)Nc3ccc(Br)cc32)Nc2ccccc21. The highest BCUT2D eigenvalue weighted by molar-refractivity contribution is 9.10. The van der Waals surface area contributed by atoms with E-state index in [4.69, 9.17) is 10.6 Å². The number of rotatable bonds is 3. The Morgan fingerprint density at radius 2 is 1.88 bits per heavy atom. The summed E-state index contributed by atoms with van der Waals surface area (Å²) in [5, 5.41) is 10.4. The van der Waals surface area contributed by atoms with Gasteiger partial charge < -0.3 is 21.2 Å². The molecule has 2 heterocycles. The Kier molecular flexibility index (Phi) is 4.03. The fraction of sp³-hybridized carbons (Fsp3) is 0.111. The van der Waals surface area contributed by atoms with Crippen LogP contribution in [0.1, 0.15) is 11.1 Å². The maximum absolute atomic E-state index is 12.6. The van der Waals surface area contributed by atoms with Crippen molar-refractivity contribution in [3.05, 3.63) is 63.8 Å². The van der Waals surface area contributed by atoms with Crippen molar-refractivity contribution in [3.63, 3.8) is 0 Å². The highest BCUT2D eigenvalue weighted by Crippen LogP contribution is 2.40. The number of fused-ring (bicyclic) bond motifs is 2. The molecule has 0 fully saturated rings. The van der Waals surface area contributed by atoms with Crippen LogP contribution in [0.25, 0.3) is 5.57 Å². The van der Waals surface area contributed by atoms with Gasteiger partial charge in [0.15, 0.2) is 0 Å². The van der Waals surface area contributed by atoms with Gasteiger partial charge in [0.1, 0.15) is 12.3 Å². The summed E-state index contributed by atoms with van der Waals surface area (Å²) in [6.45, 7) is 0.677. The van der Waals surface area contributed by atoms with E-state index in [1.54, 1.807) is 0 Å². The van der Waals surface area contributed by atoms with E-state index < -0.39 is 0 Å². The van der Waals surface area contributed by atoms with E-state index in [9.17, 15) is 4.79 Å². The molecule has 1 amide bonds. The molecular formula is C18H15BrN4O2. The van der Waals surface area contributed by atoms with Gasteiger partial charge in [0, 0.05) is 33.5 Å². The summed E-state index contributed by atoms with van der Waals surface area (Å²) in [7, 11) is 0. The van der Waals surface area contributed by atoms with Gasteiger partial charge in [-0.2, -0.15) is 0 Å². The summed E-state index contributed by atoms with van der Waals surface area (Å²) in [5.74, 6) is -0.171. The number of carbonyl (C=O) groups excluding carboxylic acids is 1. The highest BCUT2D eigenvalue weighted by Gasteiger charge is 2.34. The minimum absolute atomic E-state index is 0.171. The van der Waals surface area contributed by atoms with Crippen molar-refractivity contribution in [2.24, 2.45) is 10.9 Å². The van der Waals surface area contributed by atoms with Crippen molar-refractivity contribution in [2.75, 3.05) is 23.8 Å². The second-order valence-corrected chi connectivity index (χ2v) is 6.54. The van der Waals surface area contributed by atoms with Gasteiger partial charge in [0.2, 0.25) is 0 Å². The van der Waals surface area contributed by atoms with Crippen LogP contribution in [0.5, 0.6) is 0 Å². The first-order valence-corrected chi connectivity index (χ1v) is 8.60. The van der Waals surface area contributed by atoms with Crippen molar-refractivity contribution in [3.8, 4) is 0 Å². The highest BCUT2D eigenvalue weighted by atomic mass is 79.9. The van der Waals surface area contributed by atoms with E-state index in [1.807, 2.05) is 42.5 Å². The fourth-order valence-corrected chi connectivity index (χ4v) is 3.31. The molecule has 4 N–H and O–H groups in total. The first kappa shape index (κ1) is 15.9. The number of anilines is 2. The summed E-state index contributed by atoms with van der Waals surface area (Å²) in [4.78, 5) is 17.9. The van der Waals surface area contributed by atoms with Crippen LogP contribution >= 0.6 is 15.9 Å². The lowest BCUT2D eigenvalue weighted by molar-refractivity contribution is -0.110. The summed E-state index contributed by atoms with van der Waals surface area (Å²) < 4.78 is 0.897. The number of carbonyl (C=O) groups is 1. The molecule has 0 aromatic heterocycles. The lowest BCUT2D eigenvalue weighted by atomic mass is 10.0. The van der Waals surface area contributed by atoms with Crippen LogP contribution in [0.4, 0.5) is 11.4 Å². The quantitative estimate of drug-likeness (QED) is 0.421. The molecule has 0 atom stereocenters. The molecule has 2 aliphatic rings. The zero-order valence-corrected chi connectivity index (χ0v) is 14.8. The third-order valence-electron chi connectivity index (χ3n) is 4.02. The summed E-state index contributed by atoms with van der Waals surface area (Å²) >= 11 is 3.46. The Morgan fingerprint density at radius 3 is 2.72 bits per heavy atom. The second kappa shape index (κ2) is 6.34. The monoisotopic (exact) mass is 398 g/mol. The van der Waals surface area contributed by atoms with Crippen LogP contribution in [-0.2, 0) is 9.63 Å². The van der Waals surface area contributed by atoms with E-state index in [-0.39, 0.29) is 5.91 Å². The summed E-state index contributed by atoms with van der Waals surface area (Å²) in [5.41, 5.74) is 10.6. The Bertz CT molecular complexity index is 936. The Balaban J connectivity index is 1.89. The zero-order chi connectivity index (χ0) is 17.4. The minimum Gasteiger partial charge on any atom is -0.394 e. The number of allylic oxidation sites excluding steroid dienone is 1. The Morgan fingerprint density at radius 1 is 1.08 bits per heavy atom. The number of nitrogens with zero attached hydrogens (tertiary/aromatic N) is 1. The molecule has 4 rings (SSSR count). The van der Waals surface area contributed by atoms with Crippen molar-refractivity contribution in [1.82, 2.24) is 0 Å². The molecule has 0 radical (unpaired) electrons. The van der Waals surface area contributed by atoms with Gasteiger partial charge in [-0.25, -0.2) is 0 Å². The molecule has 7 heteroatoms. The van der Waals surface area contributed by atoms with E-state index in [0.29, 0.717) is 30.1 Å². The molecule has 25 heavy (non-hydrogen) atoms. The normalized spacial score (nSPS) is 19.4. The fourth-order valence-electron chi connectivity index (χ4n) is 2.95. The predicted molar refractivity (Wildman–Crippen MR) is 101 cm³/mol. The van der Waals surface area contributed by atoms with Crippen LogP contribution in [0, 0.1) is 0 Å². The van der Waals surface area contributed by atoms with Crippen LogP contribution in [-0.4, -0.2) is 24.8 Å². The van der Waals surface area contributed by atoms with Gasteiger partial charge in [-0.05, 0) is 24.3 Å². The molecule has 0 spiro atoms. The third kappa shape index (κ3) is 2.71. The number of nitrogens with one attached hydrogen (secondary N) is 2. The number of halogens is 1. The molecule has 2 aliphatic heterocycles. The van der Waals surface area contributed by atoms with Gasteiger partial charge in [-0.15, -0.1) is 0 Å². The topological polar surface area (TPSA) is 88.7 Å². The van der Waals surface area contributed by atoms with Crippen molar-refractivity contribution in [2.45, 2.75) is 0 Å². The van der Waals surface area contributed by atoms with Gasteiger partial charge >= 0.3 is 0 Å². The van der Waals surface area contributed by atoms with Gasteiger partial charge in [-0.3, -0.25) is 4.79 Å². The van der Waals surface area contributed by atoms with E-state index >= 15 is 0 Å². The molecular weight excluding hydrogens is 384 g/mol. The van der Waals surface area contributed by atoms with E-state index in [2.05, 4.69) is 31.7 Å². The molecule has 6 nitrogen and oxygen atoms in total. The first-order valence-electron chi connectivity index (χ1n) is 7.81. The number of amides is 1. The average molecular weight is 399 g/mol. The Labute approximate surface area is 152 Å². The number of benzene rings is 2. The summed E-state index contributed by atoms with van der Waals surface area (Å²) in [6, 6.07) is 13.4. The van der Waals surface area contributed by atoms with Crippen molar-refractivity contribution in [1.29, 1.82) is 0 Å². The molecule has 2 aromatic carbocycles. The van der Waals surface area contributed by atoms with Crippen LogP contribution in [0.2, 0.25) is 0 Å². The van der Waals surface area contributed by atoms with Crippen molar-refractivity contribution >= 4 is 44.5 Å². The molecule has 2 aromatic rings. The van der Waals surface area contributed by atoms with Crippen LogP contribution in [0.15, 0.2) is 57.8 Å². The lowest BCUT2D eigenvalue weighted by Crippen LogP contribution is -2.13. The van der Waals surface area contributed by atoms with Gasteiger partial charge in [0.05, 0.1) is 11.3 Å². The first-order chi connectivity index (χ1) is 12.2. The zero-order valence-electron chi connectivity index (χ0n) is 13.2. The third-order valence-corrected chi connectivity index (χ3v) is 4.51. The minimum atomic E-state index is -0.171. The predicted octanol–water partition coefficient (Wildman–Crippen LogP) is 2.92. The Hall–Kier alpha value is -2.64. The average Bonchev–Trinajstić information content (AvgIpc) is 3.11. The standard InChI is InChI=1S/C18H15BrN4O2/c19-10-5-6-14-12(9-10)15(18(24)22-14)17-16(23-25-8-7-20)11-3-1-2-4-13(11)21-17/h1-6,9,21H,7-8,20H2,(H,22,24)/b17-15-,23-16+. The molecule has 0 saturated carbocycles. The lowest BCUT2D eigenvalue weighted by Gasteiger charge is -2.06. The number of hydrogen-bond acceptors (Lipinski definition) is 5. The number of oxime groups is 1. The van der Waals surface area contributed by atoms with Gasteiger partial charge in [-0.1, -0.05) is 39.3 Å². The van der Waals surface area contributed by atoms with Gasteiger partial charge in [0.25, 0.3) is 5.91 Å². The number of nitrogens with two attached hydrogens (primary N) is 1. The number of para-hydroxylation sites is 1. The summed E-state index contributed by atoms with van der Waals surface area (Å²) in [6.07, 6.45) is 0. The van der Waals surface area contributed by atoms with E-state index in [1.165, 1.54) is 0 Å². The molecule has 126 valence electrons. The smallest absolute Gasteiger partial charge is 0.258 e. The molecule has 0 bridgehead atoms. The van der Waals surface area contributed by atoms with Crippen molar-refractivity contribution < 1.29 is 9.63 Å². The molecule has 0 aliphatic carbocycles. The number of hydrogen-bond donors (Lipinski definition) is 3. The van der Waals surface area contributed by atoms with E-state index in [0.717, 1.165) is 27.0 Å². The maximum Gasteiger partial charge on any atom is 0.258 e. The molecule has 0 saturated heterocycles. The van der Waals surface area contributed by atoms with Crippen LogP contribution in [0.3, 0.4) is 0 Å². The van der Waals surface area contributed by atoms with Crippen LogP contribution < -0.4 is 16.4 Å². The maximum atomic E-state index is 12.6.